The lowest BCUT2D eigenvalue weighted by molar-refractivity contribution is 0.0978. The molecular formula is C28H36N4O6S2. The van der Waals surface area contributed by atoms with Crippen molar-refractivity contribution in [1.82, 2.24) is 18.4 Å². The predicted molar refractivity (Wildman–Crippen MR) is 151 cm³/mol. The quantitative estimate of drug-likeness (QED) is 0.429. The summed E-state index contributed by atoms with van der Waals surface area (Å²) in [5, 5.41) is 0. The summed E-state index contributed by atoms with van der Waals surface area (Å²) in [7, 11) is -7.78. The number of benzene rings is 2. The summed E-state index contributed by atoms with van der Waals surface area (Å²) in [6, 6.07) is 8.08. The highest BCUT2D eigenvalue weighted by atomic mass is 32.2. The average Bonchev–Trinajstić information content (AvgIpc) is 3.37. The van der Waals surface area contributed by atoms with Crippen LogP contribution in [0.25, 0.3) is 0 Å². The minimum absolute atomic E-state index is 0.0218. The van der Waals surface area contributed by atoms with Crippen LogP contribution >= 0.6 is 0 Å². The van der Waals surface area contributed by atoms with Crippen LogP contribution in [0.5, 0.6) is 0 Å². The molecule has 2 heterocycles. The summed E-state index contributed by atoms with van der Waals surface area (Å²) in [5.74, 6) is -0.987. The molecule has 2 aliphatic heterocycles. The summed E-state index contributed by atoms with van der Waals surface area (Å²) in [6.07, 6.45) is 1.40. The first-order chi connectivity index (χ1) is 19.1. The van der Waals surface area contributed by atoms with E-state index in [4.69, 9.17) is 0 Å². The minimum atomic E-state index is -3.89. The molecule has 12 heteroatoms. The van der Waals surface area contributed by atoms with Crippen molar-refractivity contribution in [3.05, 3.63) is 58.7 Å². The summed E-state index contributed by atoms with van der Waals surface area (Å²) in [4.78, 5) is 31.3. The summed E-state index contributed by atoms with van der Waals surface area (Å²) >= 11 is 0. The van der Waals surface area contributed by atoms with Crippen LogP contribution in [0, 0.1) is 0 Å². The van der Waals surface area contributed by atoms with E-state index in [0.29, 0.717) is 52.1 Å². The Kier molecular flexibility index (Phi) is 8.29. The van der Waals surface area contributed by atoms with Gasteiger partial charge in [0.1, 0.15) is 0 Å². The third-order valence-corrected chi connectivity index (χ3v) is 12.0. The first-order valence-corrected chi connectivity index (χ1v) is 16.8. The Morgan fingerprint density at radius 1 is 0.550 bits per heavy atom. The Bertz CT molecular complexity index is 1430. The molecule has 2 fully saturated rings. The summed E-state index contributed by atoms with van der Waals surface area (Å²) in [5.41, 5.74) is 0.192. The van der Waals surface area contributed by atoms with Crippen LogP contribution in [-0.4, -0.2) is 112 Å². The van der Waals surface area contributed by atoms with Crippen LogP contribution in [0.2, 0.25) is 0 Å². The zero-order valence-electron chi connectivity index (χ0n) is 23.0. The van der Waals surface area contributed by atoms with E-state index in [9.17, 15) is 26.4 Å². The standard InChI is InChI=1S/C28H36N4O6S2/c1-3-29-11-5-13-31(17-15-29)39(35,36)21-7-9-23-25(19-21)28(34)26-20-22(8-10-24(26)27(23)33)40(37,38)32-14-6-12-30(4-2)16-18-32/h7-10,19-20H,3-6,11-18H2,1-2H3. The molecule has 2 aromatic rings. The molecule has 0 N–H and O–H groups in total. The third-order valence-electron chi connectivity index (χ3n) is 8.23. The predicted octanol–water partition coefficient (Wildman–Crippen LogP) is 1.89. The topological polar surface area (TPSA) is 115 Å². The number of ketones is 2. The van der Waals surface area contributed by atoms with E-state index in [0.717, 1.165) is 26.2 Å². The van der Waals surface area contributed by atoms with Crippen molar-refractivity contribution in [3.8, 4) is 0 Å². The summed E-state index contributed by atoms with van der Waals surface area (Å²) < 4.78 is 56.9. The molecule has 0 saturated carbocycles. The molecule has 0 radical (unpaired) electrons. The molecular weight excluding hydrogens is 552 g/mol. The number of nitrogens with zero attached hydrogens (tertiary/aromatic N) is 4. The highest BCUT2D eigenvalue weighted by Crippen LogP contribution is 2.32. The Morgan fingerprint density at radius 2 is 0.950 bits per heavy atom. The smallest absolute Gasteiger partial charge is 0.243 e. The van der Waals surface area contributed by atoms with Crippen molar-refractivity contribution in [2.24, 2.45) is 0 Å². The number of hydrogen-bond acceptors (Lipinski definition) is 8. The second kappa shape index (κ2) is 11.4. The first kappa shape index (κ1) is 29.0. The van der Waals surface area contributed by atoms with E-state index in [2.05, 4.69) is 9.80 Å². The maximum absolute atomic E-state index is 13.7. The zero-order valence-corrected chi connectivity index (χ0v) is 24.6. The van der Waals surface area contributed by atoms with E-state index in [1.807, 2.05) is 13.8 Å². The van der Waals surface area contributed by atoms with Crippen molar-refractivity contribution in [2.75, 3.05) is 65.4 Å². The van der Waals surface area contributed by atoms with Crippen LogP contribution in [0.1, 0.15) is 58.5 Å². The Morgan fingerprint density at radius 3 is 1.35 bits per heavy atom. The average molecular weight is 589 g/mol. The van der Waals surface area contributed by atoms with Gasteiger partial charge in [-0.1, -0.05) is 13.8 Å². The van der Waals surface area contributed by atoms with Gasteiger partial charge in [-0.15, -0.1) is 0 Å². The van der Waals surface area contributed by atoms with Gasteiger partial charge in [-0.3, -0.25) is 9.59 Å². The van der Waals surface area contributed by atoms with Crippen molar-refractivity contribution < 1.29 is 26.4 Å². The Hall–Kier alpha value is -2.48. The number of hydrogen-bond donors (Lipinski definition) is 0. The molecule has 2 saturated heterocycles. The molecule has 5 rings (SSSR count). The van der Waals surface area contributed by atoms with Crippen LogP contribution in [0.4, 0.5) is 0 Å². The molecule has 0 bridgehead atoms. The maximum Gasteiger partial charge on any atom is 0.243 e. The van der Waals surface area contributed by atoms with Crippen molar-refractivity contribution in [1.29, 1.82) is 0 Å². The molecule has 0 unspecified atom stereocenters. The van der Waals surface area contributed by atoms with Crippen molar-refractivity contribution in [3.63, 3.8) is 0 Å². The monoisotopic (exact) mass is 588 g/mol. The second-order valence-electron chi connectivity index (χ2n) is 10.5. The molecule has 0 atom stereocenters. The number of carbonyl (C=O) groups excluding carboxylic acids is 2. The van der Waals surface area contributed by atoms with Gasteiger partial charge in [0, 0.05) is 61.5 Å². The molecule has 10 nitrogen and oxygen atoms in total. The van der Waals surface area contributed by atoms with Crippen LogP contribution in [-0.2, 0) is 20.0 Å². The number of fused-ring (bicyclic) bond motifs is 2. The SMILES string of the molecule is CCN1CCCN(S(=O)(=O)c2ccc3c(c2)C(=O)c2cc(S(=O)(=O)N4CCCN(CC)CC4)ccc2C3=O)CC1. The molecule has 2 aromatic carbocycles. The number of likely N-dealkylation sites (N-methyl/N-ethyl adjacent to an activating group) is 2. The van der Waals surface area contributed by atoms with Crippen molar-refractivity contribution >= 4 is 31.6 Å². The van der Waals surface area contributed by atoms with Gasteiger partial charge >= 0.3 is 0 Å². The van der Waals surface area contributed by atoms with Gasteiger partial charge in [-0.05, 0) is 75.4 Å². The lowest BCUT2D eigenvalue weighted by Crippen LogP contribution is -2.35. The molecule has 40 heavy (non-hydrogen) atoms. The molecule has 0 aromatic heterocycles. The number of sulfonamides is 2. The maximum atomic E-state index is 13.7. The zero-order chi connectivity index (χ0) is 28.7. The molecule has 0 amide bonds. The van der Waals surface area contributed by atoms with Gasteiger partial charge in [0.15, 0.2) is 11.6 Å². The fraction of sp³-hybridized carbons (Fsp3) is 0.500. The largest absolute Gasteiger partial charge is 0.302 e. The van der Waals surface area contributed by atoms with Gasteiger partial charge in [-0.2, -0.15) is 8.61 Å². The van der Waals surface area contributed by atoms with Crippen LogP contribution in [0.15, 0.2) is 46.2 Å². The second-order valence-corrected chi connectivity index (χ2v) is 14.3. The van der Waals surface area contributed by atoms with Crippen LogP contribution in [0.3, 0.4) is 0 Å². The molecule has 1 aliphatic carbocycles. The molecule has 3 aliphatic rings. The molecule has 216 valence electrons. The number of rotatable bonds is 6. The highest BCUT2D eigenvalue weighted by molar-refractivity contribution is 7.89. The van der Waals surface area contributed by atoms with E-state index in [-0.39, 0.29) is 32.0 Å². The Balaban J connectivity index is 1.46. The van der Waals surface area contributed by atoms with E-state index in [1.165, 1.54) is 45.0 Å². The molecule has 0 spiro atoms. The van der Waals surface area contributed by atoms with Crippen molar-refractivity contribution in [2.45, 2.75) is 36.5 Å². The summed E-state index contributed by atoms with van der Waals surface area (Å²) in [6.45, 7) is 10.1. The fourth-order valence-corrected chi connectivity index (χ4v) is 8.73. The van der Waals surface area contributed by atoms with E-state index < -0.39 is 31.6 Å². The van der Waals surface area contributed by atoms with E-state index >= 15 is 0 Å². The van der Waals surface area contributed by atoms with E-state index in [1.54, 1.807) is 0 Å². The van der Waals surface area contributed by atoms with Gasteiger partial charge < -0.3 is 9.80 Å². The minimum Gasteiger partial charge on any atom is -0.302 e. The van der Waals surface area contributed by atoms with Gasteiger partial charge in [-0.25, -0.2) is 16.8 Å². The lowest BCUT2D eigenvalue weighted by atomic mass is 9.84. The lowest BCUT2D eigenvalue weighted by Gasteiger charge is -2.24. The third kappa shape index (κ3) is 5.28. The van der Waals surface area contributed by atoms with Gasteiger partial charge in [0.2, 0.25) is 20.0 Å². The fourth-order valence-electron chi connectivity index (χ4n) is 5.74. The van der Waals surface area contributed by atoms with Crippen LogP contribution < -0.4 is 0 Å². The van der Waals surface area contributed by atoms with Gasteiger partial charge in [0.05, 0.1) is 9.79 Å². The first-order valence-electron chi connectivity index (χ1n) is 13.9. The van der Waals surface area contributed by atoms with Gasteiger partial charge in [0.25, 0.3) is 0 Å². The Labute approximate surface area is 236 Å². The number of carbonyl (C=O) groups is 2. The normalized spacial score (nSPS) is 20.6. The highest BCUT2D eigenvalue weighted by Gasteiger charge is 2.35.